The molecule has 3 N–H and O–H groups in total. The molecule has 156 valence electrons. The number of fused-ring (bicyclic) bond motifs is 1. The zero-order valence-electron chi connectivity index (χ0n) is 16.6. The number of benzene rings is 1. The number of carbonyl (C=O) groups is 1. The van der Waals surface area contributed by atoms with Crippen LogP contribution in [0.1, 0.15) is 44.9 Å². The number of amides is 2. The van der Waals surface area contributed by atoms with Crippen molar-refractivity contribution >= 4 is 16.9 Å². The molecule has 0 unspecified atom stereocenters. The van der Waals surface area contributed by atoms with Crippen molar-refractivity contribution in [3.05, 3.63) is 40.7 Å². The number of urea groups is 1. The summed E-state index contributed by atoms with van der Waals surface area (Å²) in [5.41, 5.74) is 0.666. The molecule has 2 aliphatic carbocycles. The van der Waals surface area contributed by atoms with Crippen LogP contribution < -0.4 is 15.6 Å². The largest absolute Gasteiger partial charge is 0.494 e. The van der Waals surface area contributed by atoms with Gasteiger partial charge in [0.2, 0.25) is 5.56 Å². The lowest BCUT2D eigenvalue weighted by atomic mass is 9.92. The minimum Gasteiger partial charge on any atom is -0.494 e. The Balaban J connectivity index is 1.22. The van der Waals surface area contributed by atoms with Crippen molar-refractivity contribution in [2.75, 3.05) is 13.2 Å². The second kappa shape index (κ2) is 8.86. The monoisotopic (exact) mass is 399 g/mol. The van der Waals surface area contributed by atoms with Crippen molar-refractivity contribution in [3.8, 4) is 5.75 Å². The summed E-state index contributed by atoms with van der Waals surface area (Å²) in [6.45, 7) is 1.08. The zero-order valence-corrected chi connectivity index (χ0v) is 16.6. The number of hydrogen-bond acceptors (Lipinski definition) is 4. The maximum atomic E-state index is 12.7. The number of aliphatic hydroxyl groups excluding tert-OH is 1. The summed E-state index contributed by atoms with van der Waals surface area (Å²) in [4.78, 5) is 28.8. The van der Waals surface area contributed by atoms with Crippen molar-refractivity contribution in [3.63, 3.8) is 0 Å². The Kier molecular flexibility index (Phi) is 6.04. The molecule has 7 nitrogen and oxygen atoms in total. The van der Waals surface area contributed by atoms with E-state index in [1.165, 1.54) is 6.07 Å². The molecule has 29 heavy (non-hydrogen) atoms. The molecule has 4 rings (SSSR count). The molecule has 2 aromatic rings. The van der Waals surface area contributed by atoms with Crippen molar-refractivity contribution in [2.24, 2.45) is 0 Å². The van der Waals surface area contributed by atoms with Gasteiger partial charge in [0.1, 0.15) is 5.75 Å². The summed E-state index contributed by atoms with van der Waals surface area (Å²) < 4.78 is 5.79. The number of nitrogens with zero attached hydrogens (tertiary/aromatic N) is 1. The summed E-state index contributed by atoms with van der Waals surface area (Å²) in [5.74, 6) is 0.747. The molecule has 1 heterocycles. The third-order valence-electron chi connectivity index (χ3n) is 5.80. The molecule has 0 radical (unpaired) electrons. The molecule has 0 spiro atoms. The molecule has 0 aliphatic heterocycles. The van der Waals surface area contributed by atoms with E-state index in [2.05, 4.69) is 10.3 Å². The van der Waals surface area contributed by atoms with E-state index in [4.69, 9.17) is 4.74 Å². The van der Waals surface area contributed by atoms with Gasteiger partial charge < -0.3 is 25.0 Å². The lowest BCUT2D eigenvalue weighted by Crippen LogP contribution is -2.49. The van der Waals surface area contributed by atoms with Gasteiger partial charge in [-0.2, -0.15) is 0 Å². The average molecular weight is 399 g/mol. The van der Waals surface area contributed by atoms with Gasteiger partial charge in [0, 0.05) is 35.6 Å². The van der Waals surface area contributed by atoms with Gasteiger partial charge in [-0.25, -0.2) is 4.79 Å². The van der Waals surface area contributed by atoms with Gasteiger partial charge in [0.25, 0.3) is 0 Å². The molecule has 1 aromatic heterocycles. The fraction of sp³-hybridized carbons (Fsp3) is 0.545. The van der Waals surface area contributed by atoms with Gasteiger partial charge in [-0.3, -0.25) is 4.79 Å². The van der Waals surface area contributed by atoms with E-state index in [9.17, 15) is 14.7 Å². The van der Waals surface area contributed by atoms with E-state index in [0.717, 1.165) is 61.6 Å². The highest BCUT2D eigenvalue weighted by molar-refractivity contribution is 5.79. The van der Waals surface area contributed by atoms with E-state index in [1.54, 1.807) is 6.07 Å². The molecule has 2 saturated carbocycles. The van der Waals surface area contributed by atoms with Crippen LogP contribution in [-0.4, -0.2) is 52.4 Å². The minimum atomic E-state index is -0.206. The first kappa shape index (κ1) is 19.8. The van der Waals surface area contributed by atoms with Crippen molar-refractivity contribution in [1.29, 1.82) is 0 Å². The van der Waals surface area contributed by atoms with E-state index in [0.29, 0.717) is 19.2 Å². The highest BCUT2D eigenvalue weighted by Gasteiger charge is 2.38. The molecular weight excluding hydrogens is 370 g/mol. The quantitative estimate of drug-likeness (QED) is 0.624. The number of aromatic amines is 1. The Morgan fingerprint density at radius 2 is 1.83 bits per heavy atom. The first-order chi connectivity index (χ1) is 14.1. The Morgan fingerprint density at radius 3 is 2.55 bits per heavy atom. The highest BCUT2D eigenvalue weighted by atomic mass is 16.5. The highest BCUT2D eigenvalue weighted by Crippen LogP contribution is 2.33. The summed E-state index contributed by atoms with van der Waals surface area (Å²) >= 11 is 0. The molecule has 0 atom stereocenters. The fourth-order valence-corrected chi connectivity index (χ4v) is 4.09. The fourth-order valence-electron chi connectivity index (χ4n) is 4.09. The SMILES string of the molecule is O=C(NCCCOc1ccc2[nH]c(=O)ccc2c1)N(C1CCC(O)CC1)C1CC1. The molecule has 2 amide bonds. The number of aromatic nitrogens is 1. The van der Waals surface area contributed by atoms with Gasteiger partial charge >= 0.3 is 6.03 Å². The first-order valence-corrected chi connectivity index (χ1v) is 10.6. The van der Waals surface area contributed by atoms with Crippen LogP contribution in [0.4, 0.5) is 4.79 Å². The van der Waals surface area contributed by atoms with Crippen LogP contribution >= 0.6 is 0 Å². The predicted octanol–water partition coefficient (Wildman–Crippen LogP) is 2.77. The summed E-state index contributed by atoms with van der Waals surface area (Å²) in [6.07, 6.45) is 6.04. The van der Waals surface area contributed by atoms with Crippen LogP contribution in [0.15, 0.2) is 35.1 Å². The lowest BCUT2D eigenvalue weighted by molar-refractivity contribution is 0.0816. The van der Waals surface area contributed by atoms with Crippen LogP contribution in [0.5, 0.6) is 5.75 Å². The predicted molar refractivity (Wildman–Crippen MR) is 111 cm³/mol. The number of ether oxygens (including phenoxy) is 1. The number of nitrogens with one attached hydrogen (secondary N) is 2. The van der Waals surface area contributed by atoms with Crippen LogP contribution in [0.25, 0.3) is 10.9 Å². The third-order valence-corrected chi connectivity index (χ3v) is 5.80. The van der Waals surface area contributed by atoms with Gasteiger partial charge in [-0.1, -0.05) is 0 Å². The number of carbonyl (C=O) groups excluding carboxylic acids is 1. The van der Waals surface area contributed by atoms with Crippen LogP contribution in [0, 0.1) is 0 Å². The molecule has 1 aromatic carbocycles. The zero-order chi connectivity index (χ0) is 20.2. The van der Waals surface area contributed by atoms with Gasteiger partial charge in [0.15, 0.2) is 0 Å². The van der Waals surface area contributed by atoms with Crippen molar-refractivity contribution in [1.82, 2.24) is 15.2 Å². The molecule has 2 aliphatic rings. The second-order valence-electron chi connectivity index (χ2n) is 8.11. The van der Waals surface area contributed by atoms with Crippen LogP contribution in [0.3, 0.4) is 0 Å². The Hall–Kier alpha value is -2.54. The van der Waals surface area contributed by atoms with Crippen LogP contribution in [0.2, 0.25) is 0 Å². The Labute approximate surface area is 170 Å². The van der Waals surface area contributed by atoms with Gasteiger partial charge in [-0.15, -0.1) is 0 Å². The van der Waals surface area contributed by atoms with E-state index >= 15 is 0 Å². The van der Waals surface area contributed by atoms with Gasteiger partial charge in [0.05, 0.1) is 12.7 Å². The average Bonchev–Trinajstić information content (AvgIpc) is 3.54. The van der Waals surface area contributed by atoms with E-state index in [-0.39, 0.29) is 23.7 Å². The number of hydrogen-bond donors (Lipinski definition) is 3. The molecule has 0 bridgehead atoms. The van der Waals surface area contributed by atoms with Crippen molar-refractivity contribution in [2.45, 2.75) is 63.1 Å². The van der Waals surface area contributed by atoms with Gasteiger partial charge in [-0.05, 0) is 69.2 Å². The standard InChI is InChI=1S/C22H29N3O4/c26-18-7-5-17(6-8-18)25(16-3-4-16)22(28)23-12-1-13-29-19-9-10-20-15(14-19)2-11-21(27)24-20/h2,9-11,14,16-18,26H,1,3-8,12-13H2,(H,23,28)(H,24,27). The van der Waals surface area contributed by atoms with Crippen molar-refractivity contribution < 1.29 is 14.6 Å². The Morgan fingerprint density at radius 1 is 1.10 bits per heavy atom. The number of aliphatic hydroxyl groups is 1. The topological polar surface area (TPSA) is 94.7 Å². The summed E-state index contributed by atoms with van der Waals surface area (Å²) in [7, 11) is 0. The van der Waals surface area contributed by atoms with Crippen LogP contribution in [-0.2, 0) is 0 Å². The smallest absolute Gasteiger partial charge is 0.317 e. The summed E-state index contributed by atoms with van der Waals surface area (Å²) in [6, 6.07) is 9.49. The Bertz CT molecular complexity index is 900. The molecule has 7 heteroatoms. The third kappa shape index (κ3) is 5.09. The number of pyridine rings is 1. The first-order valence-electron chi connectivity index (χ1n) is 10.6. The molecule has 0 saturated heterocycles. The minimum absolute atomic E-state index is 0.0172. The number of H-pyrrole nitrogens is 1. The normalized spacial score (nSPS) is 21.7. The maximum absolute atomic E-state index is 12.7. The number of rotatable bonds is 7. The summed E-state index contributed by atoms with van der Waals surface area (Å²) in [5, 5.41) is 13.7. The van der Waals surface area contributed by atoms with E-state index < -0.39 is 0 Å². The van der Waals surface area contributed by atoms with E-state index in [1.807, 2.05) is 23.1 Å². The maximum Gasteiger partial charge on any atom is 0.317 e. The lowest BCUT2D eigenvalue weighted by Gasteiger charge is -2.36. The molecule has 2 fully saturated rings. The molecular formula is C22H29N3O4. The second-order valence-corrected chi connectivity index (χ2v) is 8.11.